The molecule has 0 bridgehead atoms. The minimum Gasteiger partial charge on any atom is -0.482 e. The lowest BCUT2D eigenvalue weighted by Gasteiger charge is -2.13. The fraction of sp³-hybridized carbons (Fsp3) is 0.278. The molecular formula is C18H18ClF3N2O5S. The van der Waals surface area contributed by atoms with Crippen LogP contribution >= 0.6 is 11.6 Å². The van der Waals surface area contributed by atoms with Crippen LogP contribution in [-0.2, 0) is 21.0 Å². The van der Waals surface area contributed by atoms with E-state index in [1.807, 2.05) is 0 Å². The van der Waals surface area contributed by atoms with Crippen molar-refractivity contribution in [3.63, 3.8) is 0 Å². The maximum absolute atomic E-state index is 12.8. The summed E-state index contributed by atoms with van der Waals surface area (Å²) >= 11 is 6.00. The number of sulfonamides is 1. The minimum atomic E-state index is -4.62. The van der Waals surface area contributed by atoms with Crippen molar-refractivity contribution in [3.8, 4) is 5.75 Å². The molecule has 0 aliphatic rings. The van der Waals surface area contributed by atoms with Crippen LogP contribution in [0.1, 0.15) is 12.0 Å². The van der Waals surface area contributed by atoms with Gasteiger partial charge in [0.15, 0.2) is 6.61 Å². The molecule has 2 aromatic rings. The van der Waals surface area contributed by atoms with E-state index in [1.165, 1.54) is 12.1 Å². The quantitative estimate of drug-likeness (QED) is 0.493. The summed E-state index contributed by atoms with van der Waals surface area (Å²) in [5.74, 6) is -0.408. The molecule has 1 amide bonds. The number of benzene rings is 2. The predicted octanol–water partition coefficient (Wildman–Crippen LogP) is 3.04. The first-order valence-electron chi connectivity index (χ1n) is 8.53. The highest BCUT2D eigenvalue weighted by Gasteiger charge is 2.30. The molecule has 0 aliphatic heterocycles. The summed E-state index contributed by atoms with van der Waals surface area (Å²) in [4.78, 5) is 11.3. The van der Waals surface area contributed by atoms with E-state index in [0.29, 0.717) is 12.5 Å². The number of amides is 1. The third-order valence-electron chi connectivity index (χ3n) is 3.67. The van der Waals surface area contributed by atoms with Gasteiger partial charge in [-0.25, -0.2) is 8.42 Å². The molecule has 0 aliphatic carbocycles. The predicted molar refractivity (Wildman–Crippen MR) is 104 cm³/mol. The van der Waals surface area contributed by atoms with Gasteiger partial charge in [-0.2, -0.15) is 13.2 Å². The van der Waals surface area contributed by atoms with Crippen LogP contribution in [0.4, 0.5) is 18.9 Å². The number of nitrogens with one attached hydrogen (secondary N) is 2. The Balaban J connectivity index is 2.08. The van der Waals surface area contributed by atoms with E-state index < -0.39 is 27.7 Å². The molecule has 0 saturated heterocycles. The number of anilines is 1. The summed E-state index contributed by atoms with van der Waals surface area (Å²) in [5.41, 5.74) is -1.26. The number of hydrogen-bond donors (Lipinski definition) is 3. The Hall–Kier alpha value is -2.50. The van der Waals surface area contributed by atoms with E-state index in [0.717, 1.165) is 24.3 Å². The van der Waals surface area contributed by atoms with Gasteiger partial charge < -0.3 is 15.2 Å². The van der Waals surface area contributed by atoms with Crippen molar-refractivity contribution in [3.05, 3.63) is 53.1 Å². The molecule has 12 heteroatoms. The molecule has 2 rings (SSSR count). The first kappa shape index (κ1) is 23.8. The lowest BCUT2D eigenvalue weighted by atomic mass is 10.2. The zero-order valence-electron chi connectivity index (χ0n) is 15.4. The number of hydrogen-bond acceptors (Lipinski definition) is 5. The van der Waals surface area contributed by atoms with Crippen molar-refractivity contribution < 1.29 is 36.2 Å². The summed E-state index contributed by atoms with van der Waals surface area (Å²) in [7, 11) is -4.22. The molecule has 0 spiro atoms. The molecule has 2 aromatic carbocycles. The Labute approximate surface area is 175 Å². The van der Waals surface area contributed by atoms with Crippen LogP contribution in [0.15, 0.2) is 47.4 Å². The Morgan fingerprint density at radius 1 is 1.17 bits per heavy atom. The molecular weight excluding hydrogens is 449 g/mol. The van der Waals surface area contributed by atoms with E-state index in [-0.39, 0.29) is 41.1 Å². The lowest BCUT2D eigenvalue weighted by Crippen LogP contribution is -2.30. The highest BCUT2D eigenvalue weighted by Crippen LogP contribution is 2.32. The fourth-order valence-electron chi connectivity index (χ4n) is 2.24. The van der Waals surface area contributed by atoms with E-state index >= 15 is 0 Å². The highest BCUT2D eigenvalue weighted by atomic mass is 35.5. The minimum absolute atomic E-state index is 0.0481. The molecule has 0 saturated carbocycles. The first-order chi connectivity index (χ1) is 14.0. The summed E-state index contributed by atoms with van der Waals surface area (Å²) in [5, 5.41) is 11.0. The van der Waals surface area contributed by atoms with E-state index in [4.69, 9.17) is 21.4 Å². The summed E-state index contributed by atoms with van der Waals surface area (Å²) in [6.45, 7) is -0.179. The van der Waals surface area contributed by atoms with Crippen molar-refractivity contribution in [1.82, 2.24) is 5.32 Å². The third kappa shape index (κ3) is 6.78. The van der Waals surface area contributed by atoms with Crippen LogP contribution in [0.2, 0.25) is 5.02 Å². The number of carbonyl (C=O) groups excluding carboxylic acids is 1. The van der Waals surface area contributed by atoms with Gasteiger partial charge in [0.25, 0.3) is 15.9 Å². The van der Waals surface area contributed by atoms with Crippen LogP contribution in [0.25, 0.3) is 0 Å². The number of halogens is 4. The molecule has 0 unspecified atom stereocenters. The summed E-state index contributed by atoms with van der Waals surface area (Å²) in [6.07, 6.45) is -4.23. The van der Waals surface area contributed by atoms with Crippen molar-refractivity contribution >= 4 is 33.2 Å². The van der Waals surface area contributed by atoms with Gasteiger partial charge in [0, 0.05) is 18.8 Å². The van der Waals surface area contributed by atoms with E-state index in [2.05, 4.69) is 10.0 Å². The zero-order valence-corrected chi connectivity index (χ0v) is 16.9. The lowest BCUT2D eigenvalue weighted by molar-refractivity contribution is -0.137. The van der Waals surface area contributed by atoms with E-state index in [1.54, 1.807) is 0 Å². The number of aliphatic hydroxyl groups excluding tert-OH is 1. The van der Waals surface area contributed by atoms with Gasteiger partial charge >= 0.3 is 6.18 Å². The highest BCUT2D eigenvalue weighted by molar-refractivity contribution is 7.92. The number of carbonyl (C=O) groups is 1. The average molecular weight is 467 g/mol. The number of ether oxygens (including phenoxy) is 1. The molecule has 0 heterocycles. The van der Waals surface area contributed by atoms with Crippen LogP contribution < -0.4 is 14.8 Å². The molecule has 0 fully saturated rings. The van der Waals surface area contributed by atoms with E-state index in [9.17, 15) is 26.4 Å². The summed E-state index contributed by atoms with van der Waals surface area (Å²) < 4.78 is 70.6. The van der Waals surface area contributed by atoms with Crippen molar-refractivity contribution in [1.29, 1.82) is 0 Å². The van der Waals surface area contributed by atoms with Gasteiger partial charge in [0.2, 0.25) is 0 Å². The smallest absolute Gasteiger partial charge is 0.416 e. The Bertz CT molecular complexity index is 1000. The maximum atomic E-state index is 12.8. The monoisotopic (exact) mass is 466 g/mol. The fourth-order valence-corrected chi connectivity index (χ4v) is 3.62. The van der Waals surface area contributed by atoms with Crippen LogP contribution in [0.5, 0.6) is 5.75 Å². The second-order valence-corrected chi connectivity index (χ2v) is 8.08. The molecule has 164 valence electrons. The Morgan fingerprint density at radius 2 is 1.90 bits per heavy atom. The molecule has 3 N–H and O–H groups in total. The molecule has 0 radical (unpaired) electrons. The molecule has 7 nitrogen and oxygen atoms in total. The SMILES string of the molecule is O=C(COc1ccc(S(=O)(=O)Nc2cccc(C(F)(F)F)c2)cc1Cl)NCCCO. The van der Waals surface area contributed by atoms with Gasteiger partial charge in [-0.15, -0.1) is 0 Å². The standard InChI is InChI=1S/C18H18ClF3N2O5S/c19-15-10-14(5-6-16(15)29-11-17(26)23-7-2-8-25)30(27,28)24-13-4-1-3-12(9-13)18(20,21)22/h1,3-6,9-10,24-25H,2,7-8,11H2,(H,23,26). The summed E-state index contributed by atoms with van der Waals surface area (Å²) in [6, 6.07) is 7.17. The maximum Gasteiger partial charge on any atom is 0.416 e. The second kappa shape index (κ2) is 10.0. The molecule has 30 heavy (non-hydrogen) atoms. The van der Waals surface area contributed by atoms with Gasteiger partial charge in [0.05, 0.1) is 15.5 Å². The average Bonchev–Trinajstić information content (AvgIpc) is 2.66. The number of rotatable bonds is 9. The first-order valence-corrected chi connectivity index (χ1v) is 10.4. The van der Waals surface area contributed by atoms with Crippen molar-refractivity contribution in [2.24, 2.45) is 0 Å². The normalized spacial score (nSPS) is 11.8. The largest absolute Gasteiger partial charge is 0.482 e. The van der Waals surface area contributed by atoms with Gasteiger partial charge in [-0.3, -0.25) is 9.52 Å². The van der Waals surface area contributed by atoms with Gasteiger partial charge in [0.1, 0.15) is 5.75 Å². The Morgan fingerprint density at radius 3 is 2.53 bits per heavy atom. The van der Waals surface area contributed by atoms with Gasteiger partial charge in [-0.05, 0) is 42.8 Å². The molecule has 0 atom stereocenters. The van der Waals surface area contributed by atoms with Crippen LogP contribution in [0, 0.1) is 0 Å². The van der Waals surface area contributed by atoms with Crippen molar-refractivity contribution in [2.75, 3.05) is 24.5 Å². The number of aliphatic hydroxyl groups is 1. The third-order valence-corrected chi connectivity index (χ3v) is 5.35. The van der Waals surface area contributed by atoms with Crippen molar-refractivity contribution in [2.45, 2.75) is 17.5 Å². The Kier molecular flexibility index (Phi) is 7.93. The van der Waals surface area contributed by atoms with Crippen LogP contribution in [0.3, 0.4) is 0 Å². The van der Waals surface area contributed by atoms with Gasteiger partial charge in [-0.1, -0.05) is 17.7 Å². The molecule has 0 aromatic heterocycles. The zero-order chi connectivity index (χ0) is 22.4. The topological polar surface area (TPSA) is 105 Å². The number of alkyl halides is 3. The van der Waals surface area contributed by atoms with Crippen LogP contribution in [-0.4, -0.2) is 39.2 Å². The second-order valence-electron chi connectivity index (χ2n) is 5.99.